The first-order valence-corrected chi connectivity index (χ1v) is 14.9. The van der Waals surface area contributed by atoms with Crippen molar-refractivity contribution >= 4 is 51.0 Å². The first kappa shape index (κ1) is 30.2. The van der Waals surface area contributed by atoms with Crippen molar-refractivity contribution in [3.05, 3.63) is 40.4 Å². The fourth-order valence-corrected chi connectivity index (χ4v) is 6.52. The van der Waals surface area contributed by atoms with Crippen LogP contribution >= 0.6 is 22.9 Å². The second-order valence-corrected chi connectivity index (χ2v) is 12.2. The summed E-state index contributed by atoms with van der Waals surface area (Å²) in [5.41, 5.74) is 1.06. The first-order valence-electron chi connectivity index (χ1n) is 13.7. The lowest BCUT2D eigenvalue weighted by molar-refractivity contribution is -0.123. The van der Waals surface area contributed by atoms with Crippen molar-refractivity contribution in [2.24, 2.45) is 11.3 Å². The molecule has 1 aromatic carbocycles. The summed E-state index contributed by atoms with van der Waals surface area (Å²) in [5, 5.41) is 12.9. The van der Waals surface area contributed by atoms with E-state index >= 15 is 0 Å². The lowest BCUT2D eigenvalue weighted by Crippen LogP contribution is -2.52. The molecule has 2 aliphatic rings. The number of carbonyl (C=O) groups excluding carboxylic acids is 3. The van der Waals surface area contributed by atoms with Gasteiger partial charge in [-0.05, 0) is 30.5 Å². The smallest absolute Gasteiger partial charge is 0.315 e. The van der Waals surface area contributed by atoms with E-state index in [1.807, 2.05) is 12.1 Å². The molecule has 4 rings (SSSR count). The molecular weight excluding hydrogens is 552 g/mol. The van der Waals surface area contributed by atoms with Gasteiger partial charge < -0.3 is 26.0 Å². The van der Waals surface area contributed by atoms with E-state index in [4.69, 9.17) is 16.3 Å². The van der Waals surface area contributed by atoms with Crippen LogP contribution in [0, 0.1) is 11.3 Å². The largest absolute Gasteiger partial charge is 0.379 e. The summed E-state index contributed by atoms with van der Waals surface area (Å²) >= 11 is 7.57. The summed E-state index contributed by atoms with van der Waals surface area (Å²) in [7, 11) is 1.51. The molecule has 12 heteroatoms. The van der Waals surface area contributed by atoms with Gasteiger partial charge in [0.1, 0.15) is 6.04 Å². The molecule has 2 fully saturated rings. The number of urea groups is 1. The van der Waals surface area contributed by atoms with Gasteiger partial charge in [0, 0.05) is 61.7 Å². The number of amides is 4. The summed E-state index contributed by atoms with van der Waals surface area (Å²) in [6, 6.07) is 4.08. The highest BCUT2D eigenvalue weighted by atomic mass is 35.5. The van der Waals surface area contributed by atoms with Crippen LogP contribution in [0.15, 0.2) is 30.4 Å². The van der Waals surface area contributed by atoms with Crippen LogP contribution in [0.5, 0.6) is 0 Å². The number of thiazole rings is 1. The zero-order chi connectivity index (χ0) is 28.9. The van der Waals surface area contributed by atoms with Gasteiger partial charge in [0.2, 0.25) is 11.8 Å². The maximum Gasteiger partial charge on any atom is 0.315 e. The SMILES string of the molecule is C=C(CN1CCOCC1)C(=O)NCC1([C@@H](C)CC)CC1NC(=O)[C@H](Cc1nc2ccc(Cl)cc2s1)NC(=O)NC. The van der Waals surface area contributed by atoms with E-state index in [0.717, 1.165) is 41.2 Å². The maximum atomic E-state index is 13.5. The zero-order valence-electron chi connectivity index (χ0n) is 23.3. The Balaban J connectivity index is 1.39. The molecule has 4 atom stereocenters. The van der Waals surface area contributed by atoms with Gasteiger partial charge in [0.15, 0.2) is 0 Å². The third-order valence-corrected chi connectivity index (χ3v) is 9.34. The van der Waals surface area contributed by atoms with Crippen molar-refractivity contribution in [2.45, 2.75) is 45.2 Å². The highest BCUT2D eigenvalue weighted by Crippen LogP contribution is 2.52. The van der Waals surface area contributed by atoms with Gasteiger partial charge in [0.05, 0.1) is 28.4 Å². The number of morpholine rings is 1. The molecule has 2 unspecified atom stereocenters. The molecule has 10 nitrogen and oxygen atoms in total. The predicted octanol–water partition coefficient (Wildman–Crippen LogP) is 2.72. The fraction of sp³-hybridized carbons (Fsp3) is 0.571. The number of carbonyl (C=O) groups is 3. The summed E-state index contributed by atoms with van der Waals surface area (Å²) in [4.78, 5) is 45.3. The molecule has 1 aromatic heterocycles. The summed E-state index contributed by atoms with van der Waals surface area (Å²) in [5.74, 6) is -0.176. The van der Waals surface area contributed by atoms with Gasteiger partial charge in [0.25, 0.3) is 0 Å². The number of hydrogen-bond acceptors (Lipinski definition) is 7. The molecule has 218 valence electrons. The lowest BCUT2D eigenvalue weighted by atomic mass is 9.87. The molecule has 2 aromatic rings. The van der Waals surface area contributed by atoms with Crippen molar-refractivity contribution in [2.75, 3.05) is 46.4 Å². The number of hydrogen-bond donors (Lipinski definition) is 4. The normalized spacial score (nSPS) is 22.2. The molecule has 1 saturated carbocycles. The van der Waals surface area contributed by atoms with E-state index < -0.39 is 12.1 Å². The van der Waals surface area contributed by atoms with Gasteiger partial charge >= 0.3 is 6.03 Å². The monoisotopic (exact) mass is 590 g/mol. The maximum absolute atomic E-state index is 13.5. The number of nitrogens with zero attached hydrogens (tertiary/aromatic N) is 2. The minimum absolute atomic E-state index is 0.120. The van der Waals surface area contributed by atoms with E-state index in [-0.39, 0.29) is 35.6 Å². The molecule has 0 spiro atoms. The van der Waals surface area contributed by atoms with Crippen LogP contribution in [0.2, 0.25) is 5.02 Å². The van der Waals surface area contributed by atoms with Crippen LogP contribution in [0.4, 0.5) is 4.79 Å². The number of nitrogens with one attached hydrogen (secondary N) is 4. The topological polar surface area (TPSA) is 125 Å². The lowest BCUT2D eigenvalue weighted by Gasteiger charge is -2.28. The Morgan fingerprint density at radius 3 is 2.75 bits per heavy atom. The second kappa shape index (κ2) is 13.3. The minimum atomic E-state index is -0.811. The van der Waals surface area contributed by atoms with E-state index in [9.17, 15) is 14.4 Å². The van der Waals surface area contributed by atoms with Gasteiger partial charge in [-0.2, -0.15) is 0 Å². The fourth-order valence-electron chi connectivity index (χ4n) is 5.23. The quantitative estimate of drug-likeness (QED) is 0.282. The van der Waals surface area contributed by atoms with E-state index in [0.29, 0.717) is 36.9 Å². The zero-order valence-corrected chi connectivity index (χ0v) is 24.9. The summed E-state index contributed by atoms with van der Waals surface area (Å²) < 4.78 is 6.30. The molecule has 1 saturated heterocycles. The van der Waals surface area contributed by atoms with Crippen LogP contribution in [-0.4, -0.2) is 86.3 Å². The summed E-state index contributed by atoms with van der Waals surface area (Å²) in [6.07, 6.45) is 1.90. The average molecular weight is 591 g/mol. The minimum Gasteiger partial charge on any atom is -0.379 e. The highest BCUT2D eigenvalue weighted by molar-refractivity contribution is 7.18. The number of fused-ring (bicyclic) bond motifs is 1. The van der Waals surface area contributed by atoms with Crippen LogP contribution < -0.4 is 21.3 Å². The Bertz CT molecular complexity index is 1250. The van der Waals surface area contributed by atoms with Gasteiger partial charge in [-0.25, -0.2) is 9.78 Å². The van der Waals surface area contributed by atoms with Crippen molar-refractivity contribution in [3.8, 4) is 0 Å². The number of rotatable bonds is 12. The Morgan fingerprint density at radius 1 is 1.30 bits per heavy atom. The molecule has 40 heavy (non-hydrogen) atoms. The Labute approximate surface area is 244 Å². The standard InChI is InChI=1S/C28H39ClN6O4S/c1-5-18(3)28(16-31-25(36)17(2)15-35-8-10-39-11-9-35)14-23(28)34-26(37)21(33-27(38)30-4)13-24-32-20-7-6-19(29)12-22(20)40-24/h6-7,12,18,21,23H,2,5,8-11,13-16H2,1,3-4H3,(H,31,36)(H,34,37)(H2,30,33,38)/t18-,21-,23?,28?/m0/s1. The molecule has 1 aliphatic heterocycles. The van der Waals surface area contributed by atoms with E-state index in [1.54, 1.807) is 6.07 Å². The Kier molecular flexibility index (Phi) is 10.0. The van der Waals surface area contributed by atoms with Crippen LogP contribution in [0.3, 0.4) is 0 Å². The molecule has 0 bridgehead atoms. The molecule has 1 aliphatic carbocycles. The van der Waals surface area contributed by atoms with Gasteiger partial charge in [-0.3, -0.25) is 14.5 Å². The van der Waals surface area contributed by atoms with E-state index in [2.05, 4.69) is 51.6 Å². The molecule has 4 N–H and O–H groups in total. The molecule has 0 radical (unpaired) electrons. The van der Waals surface area contributed by atoms with Crippen LogP contribution in [-0.2, 0) is 20.7 Å². The van der Waals surface area contributed by atoms with Crippen molar-refractivity contribution in [1.29, 1.82) is 0 Å². The number of benzene rings is 1. The second-order valence-electron chi connectivity index (χ2n) is 10.7. The number of ether oxygens (including phenoxy) is 1. The van der Waals surface area contributed by atoms with Crippen LogP contribution in [0.1, 0.15) is 31.7 Å². The number of halogens is 1. The van der Waals surface area contributed by atoms with E-state index in [1.165, 1.54) is 18.4 Å². The van der Waals surface area contributed by atoms with Crippen molar-refractivity contribution < 1.29 is 19.1 Å². The van der Waals surface area contributed by atoms with Gasteiger partial charge in [-0.15, -0.1) is 11.3 Å². The van der Waals surface area contributed by atoms with Crippen molar-refractivity contribution in [3.63, 3.8) is 0 Å². The highest BCUT2D eigenvalue weighted by Gasteiger charge is 2.58. The third-order valence-electron chi connectivity index (χ3n) is 8.07. The molecule has 2 heterocycles. The van der Waals surface area contributed by atoms with Crippen LogP contribution in [0.25, 0.3) is 10.2 Å². The third kappa shape index (κ3) is 7.31. The Morgan fingerprint density at radius 2 is 2.05 bits per heavy atom. The predicted molar refractivity (Wildman–Crippen MR) is 158 cm³/mol. The Hall–Kier alpha value is -2.73. The summed E-state index contributed by atoms with van der Waals surface area (Å²) in [6.45, 7) is 12.1. The molecule has 4 amide bonds. The average Bonchev–Trinajstić information content (AvgIpc) is 3.50. The first-order chi connectivity index (χ1) is 19.1. The van der Waals surface area contributed by atoms with Gasteiger partial charge in [-0.1, -0.05) is 38.4 Å². The molecular formula is C28H39ClN6O4S. The van der Waals surface area contributed by atoms with Crippen molar-refractivity contribution in [1.82, 2.24) is 31.2 Å². The number of aromatic nitrogens is 1.